The molecule has 0 saturated heterocycles. The maximum absolute atomic E-state index is 13.4. The number of aliphatic hydroxyl groups is 1. The van der Waals surface area contributed by atoms with Crippen LogP contribution in [-0.2, 0) is 11.2 Å². The second kappa shape index (κ2) is 9.04. The van der Waals surface area contributed by atoms with Crippen molar-refractivity contribution in [3.05, 3.63) is 101 Å². The molecule has 1 N–H and O–H groups in total. The molecule has 0 saturated carbocycles. The van der Waals surface area contributed by atoms with Gasteiger partial charge in [0, 0.05) is 23.2 Å². The van der Waals surface area contributed by atoms with Gasteiger partial charge in [-0.05, 0) is 36.1 Å². The number of benzodiazepines with no additional fused rings is 1. The first kappa shape index (κ1) is 21.3. The predicted octanol–water partition coefficient (Wildman–Crippen LogP) is 4.76. The number of hydrogen-bond acceptors (Lipinski definition) is 3. The molecule has 1 amide bonds. The van der Waals surface area contributed by atoms with Crippen LogP contribution in [0.2, 0.25) is 5.02 Å². The quantitative estimate of drug-likeness (QED) is 0.631. The largest absolute Gasteiger partial charge is 0.390 e. The number of rotatable bonds is 5. The van der Waals surface area contributed by atoms with Crippen molar-refractivity contribution in [3.8, 4) is 0 Å². The lowest BCUT2D eigenvalue weighted by molar-refractivity contribution is -0.122. The summed E-state index contributed by atoms with van der Waals surface area (Å²) >= 11 is 6.30. The van der Waals surface area contributed by atoms with Gasteiger partial charge in [-0.2, -0.15) is 0 Å². The highest BCUT2D eigenvalue weighted by Gasteiger charge is 2.37. The van der Waals surface area contributed by atoms with Crippen LogP contribution in [0.5, 0.6) is 0 Å². The molecule has 3 aromatic carbocycles. The van der Waals surface area contributed by atoms with E-state index in [1.165, 1.54) is 0 Å². The molecule has 4 nitrogen and oxygen atoms in total. The van der Waals surface area contributed by atoms with Gasteiger partial charge in [0.05, 0.1) is 17.5 Å². The van der Waals surface area contributed by atoms with Crippen LogP contribution in [0.1, 0.15) is 23.6 Å². The van der Waals surface area contributed by atoms with Crippen LogP contribution in [0.3, 0.4) is 0 Å². The van der Waals surface area contributed by atoms with Crippen LogP contribution in [0.25, 0.3) is 0 Å². The predicted molar refractivity (Wildman–Crippen MR) is 126 cm³/mol. The van der Waals surface area contributed by atoms with Crippen molar-refractivity contribution in [1.82, 2.24) is 0 Å². The number of fused-ring (bicyclic) bond motifs is 1. The molecule has 1 heterocycles. The molecule has 0 radical (unpaired) electrons. The molecule has 3 atom stereocenters. The van der Waals surface area contributed by atoms with Crippen molar-refractivity contribution >= 4 is 28.9 Å². The van der Waals surface area contributed by atoms with Gasteiger partial charge >= 0.3 is 0 Å². The Bertz CT molecular complexity index is 1100. The second-order valence-electron chi connectivity index (χ2n) is 8.00. The first-order valence-corrected chi connectivity index (χ1v) is 10.8. The molecular formula is C26H25ClN2O2. The summed E-state index contributed by atoms with van der Waals surface area (Å²) in [6, 6.07) is 24.2. The molecule has 1 aliphatic heterocycles. The van der Waals surface area contributed by atoms with E-state index in [-0.39, 0.29) is 11.8 Å². The molecular weight excluding hydrogens is 408 g/mol. The number of carbonyl (C=O) groups excluding carboxylic acids is 1. The first-order valence-electron chi connectivity index (χ1n) is 10.4. The van der Waals surface area contributed by atoms with E-state index in [4.69, 9.17) is 16.6 Å². The zero-order valence-electron chi connectivity index (χ0n) is 17.6. The summed E-state index contributed by atoms with van der Waals surface area (Å²) in [6.07, 6.45) is -0.275. The van der Waals surface area contributed by atoms with E-state index in [2.05, 4.69) is 0 Å². The van der Waals surface area contributed by atoms with Gasteiger partial charge in [0.25, 0.3) is 5.91 Å². The normalized spacial score (nSPS) is 18.1. The minimum absolute atomic E-state index is 0.157. The molecule has 158 valence electrons. The molecule has 0 fully saturated rings. The minimum Gasteiger partial charge on any atom is -0.390 e. The average molecular weight is 433 g/mol. The van der Waals surface area contributed by atoms with E-state index < -0.39 is 12.1 Å². The fourth-order valence-electron chi connectivity index (χ4n) is 4.04. The van der Waals surface area contributed by atoms with Crippen molar-refractivity contribution in [1.29, 1.82) is 0 Å². The summed E-state index contributed by atoms with van der Waals surface area (Å²) in [4.78, 5) is 19.8. The highest BCUT2D eigenvalue weighted by atomic mass is 35.5. The Kier molecular flexibility index (Phi) is 6.21. The van der Waals surface area contributed by atoms with Gasteiger partial charge < -0.3 is 10.0 Å². The first-order chi connectivity index (χ1) is 15.0. The smallest absolute Gasteiger partial charge is 0.254 e. The van der Waals surface area contributed by atoms with Crippen molar-refractivity contribution in [2.75, 3.05) is 11.9 Å². The third-order valence-electron chi connectivity index (χ3n) is 5.78. The van der Waals surface area contributed by atoms with Gasteiger partial charge in [-0.1, -0.05) is 79.2 Å². The van der Waals surface area contributed by atoms with E-state index in [1.54, 1.807) is 18.0 Å². The fourth-order valence-corrected chi connectivity index (χ4v) is 4.21. The van der Waals surface area contributed by atoms with Crippen molar-refractivity contribution < 1.29 is 9.90 Å². The molecule has 4 rings (SSSR count). The number of amides is 1. The molecule has 1 aliphatic rings. The third kappa shape index (κ3) is 4.41. The van der Waals surface area contributed by atoms with Crippen molar-refractivity contribution in [3.63, 3.8) is 0 Å². The second-order valence-corrected chi connectivity index (χ2v) is 8.44. The molecule has 0 spiro atoms. The van der Waals surface area contributed by atoms with Crippen molar-refractivity contribution in [2.45, 2.75) is 25.5 Å². The summed E-state index contributed by atoms with van der Waals surface area (Å²) < 4.78 is 0. The summed E-state index contributed by atoms with van der Waals surface area (Å²) in [5.41, 5.74) is 4.15. The summed E-state index contributed by atoms with van der Waals surface area (Å²) in [7, 11) is 1.72. The number of benzene rings is 3. The summed E-state index contributed by atoms with van der Waals surface area (Å²) in [6.45, 7) is 1.96. The lowest BCUT2D eigenvalue weighted by atomic mass is 9.91. The van der Waals surface area contributed by atoms with Gasteiger partial charge in [-0.15, -0.1) is 0 Å². The molecule has 0 bridgehead atoms. The van der Waals surface area contributed by atoms with E-state index in [1.807, 2.05) is 79.7 Å². The number of nitrogens with zero attached hydrogens (tertiary/aromatic N) is 2. The number of carbonyl (C=O) groups is 1. The monoisotopic (exact) mass is 432 g/mol. The lowest BCUT2D eigenvalue weighted by Crippen LogP contribution is -2.44. The Hall–Kier alpha value is -2.95. The molecule has 5 heteroatoms. The summed E-state index contributed by atoms with van der Waals surface area (Å²) in [5, 5.41) is 11.8. The van der Waals surface area contributed by atoms with E-state index in [0.717, 1.165) is 22.4 Å². The van der Waals surface area contributed by atoms with Crippen LogP contribution >= 0.6 is 11.6 Å². The zero-order valence-corrected chi connectivity index (χ0v) is 18.3. The lowest BCUT2D eigenvalue weighted by Gasteiger charge is -2.27. The molecule has 31 heavy (non-hydrogen) atoms. The Morgan fingerprint density at radius 3 is 2.35 bits per heavy atom. The van der Waals surface area contributed by atoms with Gasteiger partial charge in [0.1, 0.15) is 0 Å². The van der Waals surface area contributed by atoms with E-state index >= 15 is 0 Å². The number of aliphatic imine (C=N–C) groups is 1. The Labute approximate surface area is 187 Å². The SMILES string of the molecule is C[C@H](Cc1ccccc1)[C@@H](O)[C@@H]1N=C(c2ccccc2)c2cc(Cl)ccc2N(C)C1=O. The van der Waals surface area contributed by atoms with E-state index in [9.17, 15) is 9.90 Å². The van der Waals surface area contributed by atoms with Gasteiger partial charge in [-0.25, -0.2) is 0 Å². The number of anilines is 1. The van der Waals surface area contributed by atoms with Crippen LogP contribution < -0.4 is 4.90 Å². The number of halogens is 1. The highest BCUT2D eigenvalue weighted by molar-refractivity contribution is 6.32. The maximum atomic E-state index is 13.4. The van der Waals surface area contributed by atoms with Gasteiger partial charge in [-0.3, -0.25) is 9.79 Å². The zero-order chi connectivity index (χ0) is 22.0. The van der Waals surface area contributed by atoms with Gasteiger partial charge in [0.2, 0.25) is 0 Å². The maximum Gasteiger partial charge on any atom is 0.254 e. The number of likely N-dealkylation sites (N-methyl/N-ethyl adjacent to an activating group) is 1. The van der Waals surface area contributed by atoms with Gasteiger partial charge in [0.15, 0.2) is 6.04 Å². The Morgan fingerprint density at radius 1 is 1.03 bits per heavy atom. The average Bonchev–Trinajstić information content (AvgIpc) is 2.89. The van der Waals surface area contributed by atoms with Crippen LogP contribution in [-0.4, -0.2) is 35.9 Å². The third-order valence-corrected chi connectivity index (χ3v) is 6.02. The minimum atomic E-state index is -0.932. The Balaban J connectivity index is 1.77. The Morgan fingerprint density at radius 2 is 1.68 bits per heavy atom. The highest BCUT2D eigenvalue weighted by Crippen LogP contribution is 2.32. The molecule has 3 aromatic rings. The van der Waals surface area contributed by atoms with Crippen LogP contribution in [0, 0.1) is 5.92 Å². The number of hydrogen-bond donors (Lipinski definition) is 1. The topological polar surface area (TPSA) is 52.9 Å². The van der Waals surface area contributed by atoms with Crippen LogP contribution in [0.4, 0.5) is 5.69 Å². The molecule has 0 aliphatic carbocycles. The fraction of sp³-hybridized carbons (Fsp3) is 0.231. The molecule has 0 aromatic heterocycles. The standard InChI is InChI=1S/C26H25ClN2O2/c1-17(15-18-9-5-3-6-10-18)25(30)24-26(31)29(2)22-14-13-20(27)16-21(22)23(28-24)19-11-7-4-8-12-19/h3-14,16-17,24-25,30H,15H2,1-2H3/t17-,24+,25-/m1/s1. The van der Waals surface area contributed by atoms with Crippen LogP contribution in [0.15, 0.2) is 83.9 Å². The molecule has 0 unspecified atom stereocenters. The number of aliphatic hydroxyl groups excluding tert-OH is 1. The summed E-state index contributed by atoms with van der Waals surface area (Å²) in [5.74, 6) is -0.391. The van der Waals surface area contributed by atoms with Crippen molar-refractivity contribution in [2.24, 2.45) is 10.9 Å². The van der Waals surface area contributed by atoms with E-state index in [0.29, 0.717) is 17.2 Å².